The van der Waals surface area contributed by atoms with Gasteiger partial charge in [0.05, 0.1) is 6.61 Å². The summed E-state index contributed by atoms with van der Waals surface area (Å²) in [6, 6.07) is 6.34. The molecule has 0 aliphatic heterocycles. The standard InChI is InChI=1S/C16H26N2O2/c1-5-18(8-9-19)16(20)17-14(4)11-15-7-6-12(2)10-13(15)3/h6-7,10,14,19H,5,8-9,11H2,1-4H3,(H,17,20). The predicted octanol–water partition coefficient (Wildman–Crippen LogP) is 2.26. The highest BCUT2D eigenvalue weighted by Gasteiger charge is 2.14. The molecule has 0 heterocycles. The molecule has 2 N–H and O–H groups in total. The van der Waals surface area contributed by atoms with Gasteiger partial charge in [-0.05, 0) is 45.2 Å². The fourth-order valence-electron chi connectivity index (χ4n) is 2.28. The van der Waals surface area contributed by atoms with Gasteiger partial charge in [-0.15, -0.1) is 0 Å². The van der Waals surface area contributed by atoms with E-state index in [9.17, 15) is 4.79 Å². The second-order valence-corrected chi connectivity index (χ2v) is 5.29. The van der Waals surface area contributed by atoms with Crippen molar-refractivity contribution in [2.24, 2.45) is 0 Å². The zero-order chi connectivity index (χ0) is 15.1. The first-order valence-electron chi connectivity index (χ1n) is 7.20. The van der Waals surface area contributed by atoms with Crippen LogP contribution in [0.2, 0.25) is 0 Å². The molecule has 2 amide bonds. The van der Waals surface area contributed by atoms with Gasteiger partial charge in [0.15, 0.2) is 0 Å². The summed E-state index contributed by atoms with van der Waals surface area (Å²) in [5.41, 5.74) is 3.77. The van der Waals surface area contributed by atoms with Crippen LogP contribution in [0.15, 0.2) is 18.2 Å². The number of urea groups is 1. The van der Waals surface area contributed by atoms with E-state index in [1.54, 1.807) is 4.90 Å². The smallest absolute Gasteiger partial charge is 0.317 e. The first kappa shape index (κ1) is 16.5. The first-order valence-corrected chi connectivity index (χ1v) is 7.20. The number of hydrogen-bond donors (Lipinski definition) is 2. The average molecular weight is 278 g/mol. The Bertz CT molecular complexity index is 446. The third-order valence-corrected chi connectivity index (χ3v) is 3.43. The van der Waals surface area contributed by atoms with Crippen molar-refractivity contribution < 1.29 is 9.90 Å². The lowest BCUT2D eigenvalue weighted by atomic mass is 10.00. The van der Waals surface area contributed by atoms with Crippen molar-refractivity contribution in [3.8, 4) is 0 Å². The number of nitrogens with one attached hydrogen (secondary N) is 1. The lowest BCUT2D eigenvalue weighted by Gasteiger charge is -2.23. The number of likely N-dealkylation sites (N-methyl/N-ethyl adjacent to an activating group) is 1. The minimum absolute atomic E-state index is 0.00723. The van der Waals surface area contributed by atoms with Gasteiger partial charge in [0.2, 0.25) is 0 Å². The zero-order valence-electron chi connectivity index (χ0n) is 12.9. The van der Waals surface area contributed by atoms with Crippen molar-refractivity contribution in [1.82, 2.24) is 10.2 Å². The molecule has 0 saturated carbocycles. The third-order valence-electron chi connectivity index (χ3n) is 3.43. The van der Waals surface area contributed by atoms with Gasteiger partial charge in [0.1, 0.15) is 0 Å². The van der Waals surface area contributed by atoms with Crippen molar-refractivity contribution in [3.05, 3.63) is 34.9 Å². The summed E-state index contributed by atoms with van der Waals surface area (Å²) in [7, 11) is 0. The van der Waals surface area contributed by atoms with E-state index in [4.69, 9.17) is 5.11 Å². The zero-order valence-corrected chi connectivity index (χ0v) is 12.9. The van der Waals surface area contributed by atoms with Gasteiger partial charge in [0, 0.05) is 19.1 Å². The van der Waals surface area contributed by atoms with E-state index in [0.717, 1.165) is 6.42 Å². The van der Waals surface area contributed by atoms with Gasteiger partial charge < -0.3 is 15.3 Å². The Hall–Kier alpha value is -1.55. The Morgan fingerprint density at radius 3 is 2.65 bits per heavy atom. The number of aryl methyl sites for hydroxylation is 2. The highest BCUT2D eigenvalue weighted by Crippen LogP contribution is 2.12. The Kier molecular flexibility index (Phi) is 6.52. The normalized spacial score (nSPS) is 12.1. The maximum atomic E-state index is 12.0. The third kappa shape index (κ3) is 4.85. The molecule has 1 aromatic carbocycles. The van der Waals surface area contributed by atoms with E-state index in [1.807, 2.05) is 13.8 Å². The Balaban J connectivity index is 2.58. The highest BCUT2D eigenvalue weighted by atomic mass is 16.3. The van der Waals surface area contributed by atoms with Crippen molar-refractivity contribution in [2.45, 2.75) is 40.2 Å². The van der Waals surface area contributed by atoms with Crippen molar-refractivity contribution >= 4 is 6.03 Å². The number of amides is 2. The van der Waals surface area contributed by atoms with Crippen LogP contribution in [0.5, 0.6) is 0 Å². The lowest BCUT2D eigenvalue weighted by molar-refractivity contribution is 0.177. The topological polar surface area (TPSA) is 52.6 Å². The van der Waals surface area contributed by atoms with Gasteiger partial charge in [-0.1, -0.05) is 23.8 Å². The van der Waals surface area contributed by atoms with Crippen LogP contribution in [-0.4, -0.2) is 41.8 Å². The van der Waals surface area contributed by atoms with Crippen LogP contribution in [-0.2, 0) is 6.42 Å². The largest absolute Gasteiger partial charge is 0.395 e. The number of carbonyl (C=O) groups excluding carboxylic acids is 1. The number of rotatable bonds is 6. The van der Waals surface area contributed by atoms with Crippen LogP contribution in [0.25, 0.3) is 0 Å². The van der Waals surface area contributed by atoms with Crippen LogP contribution in [0.1, 0.15) is 30.5 Å². The summed E-state index contributed by atoms with van der Waals surface area (Å²) in [5.74, 6) is 0. The number of nitrogens with zero attached hydrogens (tertiary/aromatic N) is 1. The Morgan fingerprint density at radius 1 is 1.40 bits per heavy atom. The fourth-order valence-corrected chi connectivity index (χ4v) is 2.28. The molecule has 0 radical (unpaired) electrons. The van der Waals surface area contributed by atoms with Gasteiger partial charge in [-0.25, -0.2) is 4.79 Å². The molecule has 0 aromatic heterocycles. The minimum Gasteiger partial charge on any atom is -0.395 e. The summed E-state index contributed by atoms with van der Waals surface area (Å²) in [5, 5.41) is 11.9. The molecule has 0 fully saturated rings. The van der Waals surface area contributed by atoms with E-state index in [1.165, 1.54) is 16.7 Å². The SMILES string of the molecule is CCN(CCO)C(=O)NC(C)Cc1ccc(C)cc1C. The highest BCUT2D eigenvalue weighted by molar-refractivity contribution is 5.74. The first-order chi connectivity index (χ1) is 9.47. The van der Waals surface area contributed by atoms with Crippen LogP contribution < -0.4 is 5.32 Å². The number of benzene rings is 1. The average Bonchev–Trinajstić information content (AvgIpc) is 2.39. The molecule has 1 aromatic rings. The molecule has 1 rings (SSSR count). The summed E-state index contributed by atoms with van der Waals surface area (Å²) in [4.78, 5) is 13.6. The van der Waals surface area contributed by atoms with Gasteiger partial charge in [-0.2, -0.15) is 0 Å². The maximum absolute atomic E-state index is 12.0. The van der Waals surface area contributed by atoms with E-state index in [-0.39, 0.29) is 18.7 Å². The van der Waals surface area contributed by atoms with Gasteiger partial charge >= 0.3 is 6.03 Å². The summed E-state index contributed by atoms with van der Waals surface area (Å²) >= 11 is 0. The van der Waals surface area contributed by atoms with Crippen molar-refractivity contribution in [3.63, 3.8) is 0 Å². The van der Waals surface area contributed by atoms with Crippen LogP contribution in [0, 0.1) is 13.8 Å². The minimum atomic E-state index is -0.112. The molecule has 112 valence electrons. The summed E-state index contributed by atoms with van der Waals surface area (Å²) in [6.07, 6.45) is 0.814. The molecular weight excluding hydrogens is 252 g/mol. The molecule has 1 unspecified atom stereocenters. The molecule has 0 aliphatic rings. The maximum Gasteiger partial charge on any atom is 0.317 e. The van der Waals surface area contributed by atoms with Crippen LogP contribution >= 0.6 is 0 Å². The molecule has 0 spiro atoms. The fraction of sp³-hybridized carbons (Fsp3) is 0.562. The van der Waals surface area contributed by atoms with E-state index >= 15 is 0 Å². The second kappa shape index (κ2) is 7.90. The molecule has 0 bridgehead atoms. The lowest BCUT2D eigenvalue weighted by Crippen LogP contribution is -2.45. The quantitative estimate of drug-likeness (QED) is 0.838. The van der Waals surface area contributed by atoms with E-state index in [2.05, 4.69) is 37.4 Å². The molecule has 0 aliphatic carbocycles. The molecule has 4 heteroatoms. The van der Waals surface area contributed by atoms with E-state index < -0.39 is 0 Å². The Morgan fingerprint density at radius 2 is 2.10 bits per heavy atom. The predicted molar refractivity (Wildman–Crippen MR) is 81.9 cm³/mol. The van der Waals surface area contributed by atoms with Crippen LogP contribution in [0.3, 0.4) is 0 Å². The van der Waals surface area contributed by atoms with Crippen molar-refractivity contribution in [1.29, 1.82) is 0 Å². The van der Waals surface area contributed by atoms with Gasteiger partial charge in [-0.3, -0.25) is 0 Å². The molecule has 0 saturated heterocycles. The Labute approximate surface area is 121 Å². The number of aliphatic hydroxyl groups is 1. The van der Waals surface area contributed by atoms with E-state index in [0.29, 0.717) is 13.1 Å². The van der Waals surface area contributed by atoms with Crippen LogP contribution in [0.4, 0.5) is 4.79 Å². The summed E-state index contributed by atoms with van der Waals surface area (Å²) in [6.45, 7) is 9.05. The monoisotopic (exact) mass is 278 g/mol. The molecule has 1 atom stereocenters. The summed E-state index contributed by atoms with van der Waals surface area (Å²) < 4.78 is 0. The van der Waals surface area contributed by atoms with Gasteiger partial charge in [0.25, 0.3) is 0 Å². The molecule has 20 heavy (non-hydrogen) atoms. The second-order valence-electron chi connectivity index (χ2n) is 5.29. The number of carbonyl (C=O) groups is 1. The number of hydrogen-bond acceptors (Lipinski definition) is 2. The molecule has 4 nitrogen and oxygen atoms in total. The molecular formula is C16H26N2O2. The number of aliphatic hydroxyl groups excluding tert-OH is 1. The van der Waals surface area contributed by atoms with Crippen molar-refractivity contribution in [2.75, 3.05) is 19.7 Å².